The first-order valence-electron chi connectivity index (χ1n) is 19.0. The van der Waals surface area contributed by atoms with E-state index in [2.05, 4.69) is 176 Å². The molecule has 2 aromatic heterocycles. The summed E-state index contributed by atoms with van der Waals surface area (Å²) >= 11 is 1.76. The van der Waals surface area contributed by atoms with Gasteiger partial charge < -0.3 is 4.42 Å². The van der Waals surface area contributed by atoms with Gasteiger partial charge in [0.1, 0.15) is 11.2 Å². The number of furan rings is 1. The number of benzene rings is 9. The molecule has 0 unspecified atom stereocenters. The number of hydrogen-bond acceptors (Lipinski definition) is 3. The second kappa shape index (κ2) is 13.5. The summed E-state index contributed by atoms with van der Waals surface area (Å²) in [6, 6.07) is 62.0. The average Bonchev–Trinajstić information content (AvgIpc) is 3.85. The van der Waals surface area contributed by atoms with E-state index in [-0.39, 0.29) is 0 Å². The lowest BCUT2D eigenvalue weighted by atomic mass is 9.93. The maximum absolute atomic E-state index is 6.32. The fourth-order valence-electron chi connectivity index (χ4n) is 8.39. The molecule has 0 atom stereocenters. The fraction of sp³-hybridized carbons (Fsp3) is 0.0192. The molecule has 2 heterocycles. The Labute approximate surface area is 332 Å². The van der Waals surface area contributed by atoms with Crippen LogP contribution in [0.25, 0.3) is 85.6 Å². The quantitative estimate of drug-likeness (QED) is 0.0982. The summed E-state index contributed by atoms with van der Waals surface area (Å²) in [6.07, 6.45) is 0. The third-order valence-electron chi connectivity index (χ3n) is 11.0. The molecule has 9 aromatic carbocycles. The van der Waals surface area contributed by atoms with Crippen molar-refractivity contribution in [2.45, 2.75) is 6.54 Å². The highest BCUT2D eigenvalue weighted by atomic mass is 32.1. The lowest BCUT2D eigenvalue weighted by Gasteiger charge is -2.12. The average molecular weight is 748 g/mol. The summed E-state index contributed by atoms with van der Waals surface area (Å²) in [5.74, 6) is 1.14. The van der Waals surface area contributed by atoms with E-state index in [9.17, 15) is 0 Å². The van der Waals surface area contributed by atoms with Crippen molar-refractivity contribution in [2.75, 3.05) is 0 Å². The second-order valence-electron chi connectivity index (χ2n) is 14.4. The Bertz CT molecular complexity index is 3480. The molecule has 0 aliphatic carbocycles. The van der Waals surface area contributed by atoms with E-state index in [4.69, 9.17) is 14.4 Å². The molecule has 0 radical (unpaired) electrons. The van der Waals surface area contributed by atoms with E-state index in [1.165, 1.54) is 31.6 Å². The Morgan fingerprint density at radius 2 is 1.19 bits per heavy atom. The van der Waals surface area contributed by atoms with Crippen molar-refractivity contribution in [3.05, 3.63) is 193 Å². The molecule has 11 aromatic rings. The molecule has 11 rings (SSSR count). The lowest BCUT2D eigenvalue weighted by Crippen LogP contribution is -2.06. The van der Waals surface area contributed by atoms with Gasteiger partial charge >= 0.3 is 0 Å². The normalized spacial score (nSPS) is 12.6. The van der Waals surface area contributed by atoms with Gasteiger partial charge in [0, 0.05) is 42.1 Å². The third kappa shape index (κ3) is 5.63. The minimum atomic E-state index is 0.407. The van der Waals surface area contributed by atoms with Crippen molar-refractivity contribution in [3.8, 4) is 11.1 Å². The predicted molar refractivity (Wildman–Crippen MR) is 244 cm³/mol. The molecular formula is C52H33N3OS. The maximum atomic E-state index is 6.32. The van der Waals surface area contributed by atoms with Crippen molar-refractivity contribution in [3.63, 3.8) is 0 Å². The van der Waals surface area contributed by atoms with Gasteiger partial charge in [-0.05, 0) is 98.2 Å². The summed E-state index contributed by atoms with van der Waals surface area (Å²) in [7, 11) is 0. The molecule has 268 valence electrons. The number of thiophene rings is 1. The minimum absolute atomic E-state index is 0.407. The maximum Gasteiger partial charge on any atom is 0.162 e. The van der Waals surface area contributed by atoms with E-state index in [1.807, 2.05) is 12.1 Å². The summed E-state index contributed by atoms with van der Waals surface area (Å²) in [5, 5.41) is 11.7. The summed E-state index contributed by atoms with van der Waals surface area (Å²) in [5.41, 5.74) is 6.96. The van der Waals surface area contributed by atoms with Crippen LogP contribution in [0, 0.1) is 0 Å². The summed E-state index contributed by atoms with van der Waals surface area (Å²) < 4.78 is 8.68. The highest BCUT2D eigenvalue weighted by Gasteiger charge is 2.17. The Morgan fingerprint density at radius 3 is 2.07 bits per heavy atom. The molecule has 0 spiro atoms. The van der Waals surface area contributed by atoms with Crippen LogP contribution in [-0.4, -0.2) is 18.4 Å². The SMILES string of the molecule is C=NC(=NC(=NCc1cc(-c2cccc3oc4ccccc4c23)c2ccccc2c1)c1ccc2ccc3ccccc3c2c1)c1cccc2c1sc1ccccc12. The zero-order chi connectivity index (χ0) is 37.9. The second-order valence-corrected chi connectivity index (χ2v) is 15.4. The number of nitrogens with zero attached hydrogens (tertiary/aromatic N) is 3. The van der Waals surface area contributed by atoms with Gasteiger partial charge in [-0.15, -0.1) is 11.3 Å². The highest BCUT2D eigenvalue weighted by Crippen LogP contribution is 2.40. The number of hydrogen-bond donors (Lipinski definition) is 0. The van der Waals surface area contributed by atoms with Crippen LogP contribution in [-0.2, 0) is 6.54 Å². The Kier molecular flexibility index (Phi) is 7.86. The molecule has 0 saturated carbocycles. The largest absolute Gasteiger partial charge is 0.456 e. The van der Waals surface area contributed by atoms with E-state index in [0.29, 0.717) is 18.2 Å². The summed E-state index contributed by atoms with van der Waals surface area (Å²) in [4.78, 5) is 15.2. The van der Waals surface area contributed by atoms with E-state index < -0.39 is 0 Å². The predicted octanol–water partition coefficient (Wildman–Crippen LogP) is 14.2. The lowest BCUT2D eigenvalue weighted by molar-refractivity contribution is 0.669. The van der Waals surface area contributed by atoms with Crippen LogP contribution in [0.5, 0.6) is 0 Å². The Morgan fingerprint density at radius 1 is 0.509 bits per heavy atom. The minimum Gasteiger partial charge on any atom is -0.456 e. The van der Waals surface area contributed by atoms with Gasteiger partial charge in [-0.25, -0.2) is 9.98 Å². The first-order valence-corrected chi connectivity index (χ1v) is 19.9. The molecular weight excluding hydrogens is 715 g/mol. The molecule has 0 saturated heterocycles. The Balaban J connectivity index is 1.11. The molecule has 0 N–H and O–H groups in total. The zero-order valence-electron chi connectivity index (χ0n) is 30.8. The summed E-state index contributed by atoms with van der Waals surface area (Å²) in [6.45, 7) is 4.44. The fourth-order valence-corrected chi connectivity index (χ4v) is 9.60. The van der Waals surface area contributed by atoms with Crippen LogP contribution in [0.15, 0.2) is 195 Å². The van der Waals surface area contributed by atoms with Crippen LogP contribution < -0.4 is 0 Å². The molecule has 4 nitrogen and oxygen atoms in total. The van der Waals surface area contributed by atoms with Crippen LogP contribution in [0.2, 0.25) is 0 Å². The molecule has 57 heavy (non-hydrogen) atoms. The molecule has 0 aliphatic heterocycles. The number of aliphatic imine (C=N–C) groups is 3. The van der Waals surface area contributed by atoms with Crippen molar-refractivity contribution >= 4 is 104 Å². The van der Waals surface area contributed by atoms with Gasteiger partial charge in [0.05, 0.1) is 6.54 Å². The molecule has 0 fully saturated rings. The first kappa shape index (κ1) is 33.2. The van der Waals surface area contributed by atoms with Crippen LogP contribution in [0.1, 0.15) is 16.7 Å². The van der Waals surface area contributed by atoms with Crippen molar-refractivity contribution < 1.29 is 4.42 Å². The van der Waals surface area contributed by atoms with Crippen LogP contribution >= 0.6 is 11.3 Å². The van der Waals surface area contributed by atoms with Gasteiger partial charge in [0.2, 0.25) is 0 Å². The van der Waals surface area contributed by atoms with E-state index in [0.717, 1.165) is 70.6 Å². The van der Waals surface area contributed by atoms with Gasteiger partial charge in [0.25, 0.3) is 0 Å². The Hall–Kier alpha value is -7.21. The zero-order valence-corrected chi connectivity index (χ0v) is 31.6. The van der Waals surface area contributed by atoms with Gasteiger partial charge in [-0.1, -0.05) is 133 Å². The van der Waals surface area contributed by atoms with E-state index >= 15 is 0 Å². The van der Waals surface area contributed by atoms with Crippen molar-refractivity contribution in [1.82, 2.24) is 0 Å². The monoisotopic (exact) mass is 747 g/mol. The molecule has 0 amide bonds. The molecule has 5 heteroatoms. The van der Waals surface area contributed by atoms with Crippen LogP contribution in [0.3, 0.4) is 0 Å². The smallest absolute Gasteiger partial charge is 0.162 e. The topological polar surface area (TPSA) is 50.2 Å². The third-order valence-corrected chi connectivity index (χ3v) is 12.3. The number of amidine groups is 2. The number of para-hydroxylation sites is 1. The van der Waals surface area contributed by atoms with Gasteiger partial charge in [-0.2, -0.15) is 0 Å². The first-order chi connectivity index (χ1) is 28.2. The van der Waals surface area contributed by atoms with Crippen molar-refractivity contribution in [1.29, 1.82) is 0 Å². The number of fused-ring (bicyclic) bond motifs is 10. The van der Waals surface area contributed by atoms with Gasteiger partial charge in [-0.3, -0.25) is 4.99 Å². The van der Waals surface area contributed by atoms with Crippen molar-refractivity contribution in [2.24, 2.45) is 15.0 Å². The number of rotatable bonds is 5. The highest BCUT2D eigenvalue weighted by molar-refractivity contribution is 7.26. The molecule has 0 bridgehead atoms. The van der Waals surface area contributed by atoms with Gasteiger partial charge in [0.15, 0.2) is 11.7 Å². The van der Waals surface area contributed by atoms with Crippen LogP contribution in [0.4, 0.5) is 0 Å². The van der Waals surface area contributed by atoms with E-state index in [1.54, 1.807) is 11.3 Å². The standard InChI is InChI=1S/C52H33N3OS/c1-53-52(43-20-10-19-41-39-16-7-9-23-48(39)57-50(41)43)55-51(36-27-26-34-25-24-33-12-2-4-14-37(33)44(34)30-36)54-31-32-28-35-13-3-5-15-38(35)45(29-32)40-18-11-22-47-49(40)42-17-6-8-21-46(42)56-47/h2-30H,1,31H2. The molecule has 0 aliphatic rings.